The number of hydrogen-bond donors (Lipinski definition) is 0. The van der Waals surface area contributed by atoms with Gasteiger partial charge in [-0.1, -0.05) is 63.8 Å². The van der Waals surface area contributed by atoms with Gasteiger partial charge in [-0.15, -0.1) is 0 Å². The number of aryl methyl sites for hydroxylation is 1. The summed E-state index contributed by atoms with van der Waals surface area (Å²) in [6, 6.07) is 9.70. The third kappa shape index (κ3) is 3.19. The summed E-state index contributed by atoms with van der Waals surface area (Å²) < 4.78 is 0. The van der Waals surface area contributed by atoms with Gasteiger partial charge in [0, 0.05) is 0 Å². The second-order valence-corrected chi connectivity index (χ2v) is 9.70. The van der Waals surface area contributed by atoms with Gasteiger partial charge in [-0.2, -0.15) is 0 Å². The van der Waals surface area contributed by atoms with Crippen LogP contribution < -0.4 is 0 Å². The lowest BCUT2D eigenvalue weighted by molar-refractivity contribution is -0.0294. The molecule has 1 aromatic carbocycles. The van der Waals surface area contributed by atoms with E-state index in [1.807, 2.05) is 0 Å². The molecule has 0 amide bonds. The van der Waals surface area contributed by atoms with Crippen molar-refractivity contribution >= 4 is 0 Å². The maximum atomic E-state index is 2.47. The molecular weight excluding hydrogens is 300 g/mol. The molecule has 4 saturated carbocycles. The van der Waals surface area contributed by atoms with Crippen LogP contribution in [0.1, 0.15) is 102 Å². The third-order valence-corrected chi connectivity index (χ3v) is 8.69. The van der Waals surface area contributed by atoms with E-state index in [4.69, 9.17) is 0 Å². The first-order chi connectivity index (χ1) is 12.2. The largest absolute Gasteiger partial charge is 0.0654 e. The first kappa shape index (κ1) is 17.6. The van der Waals surface area contributed by atoms with E-state index in [0.717, 1.165) is 23.7 Å². The number of benzene rings is 1. The molecule has 0 saturated heterocycles. The molecule has 2 bridgehead atoms. The van der Waals surface area contributed by atoms with E-state index in [1.54, 1.807) is 18.4 Å². The van der Waals surface area contributed by atoms with Crippen molar-refractivity contribution in [1.29, 1.82) is 0 Å². The maximum absolute atomic E-state index is 2.47. The summed E-state index contributed by atoms with van der Waals surface area (Å²) in [7, 11) is 0. The van der Waals surface area contributed by atoms with E-state index in [0.29, 0.717) is 5.41 Å². The van der Waals surface area contributed by atoms with Crippen molar-refractivity contribution in [3.63, 3.8) is 0 Å². The Morgan fingerprint density at radius 3 is 1.92 bits per heavy atom. The van der Waals surface area contributed by atoms with Crippen LogP contribution in [0.2, 0.25) is 0 Å². The summed E-state index contributed by atoms with van der Waals surface area (Å²) in [5, 5.41) is 0. The van der Waals surface area contributed by atoms with Crippen LogP contribution in [-0.2, 0) is 11.8 Å². The fourth-order valence-corrected chi connectivity index (χ4v) is 6.83. The molecule has 0 spiro atoms. The molecule has 4 fully saturated rings. The van der Waals surface area contributed by atoms with Gasteiger partial charge >= 0.3 is 0 Å². The lowest BCUT2D eigenvalue weighted by Gasteiger charge is -2.58. The minimum absolute atomic E-state index is 0.535. The van der Waals surface area contributed by atoms with Crippen LogP contribution in [0, 0.1) is 17.3 Å². The van der Waals surface area contributed by atoms with Gasteiger partial charge in [-0.3, -0.25) is 0 Å². The summed E-state index contributed by atoms with van der Waals surface area (Å²) in [5.74, 6) is 2.11. The van der Waals surface area contributed by atoms with E-state index >= 15 is 0 Å². The molecule has 0 atom stereocenters. The molecule has 138 valence electrons. The average molecular weight is 339 g/mol. The van der Waals surface area contributed by atoms with Crippen molar-refractivity contribution in [2.45, 2.75) is 103 Å². The summed E-state index contributed by atoms with van der Waals surface area (Å²) in [6.07, 6.45) is 19.1. The predicted molar refractivity (Wildman–Crippen MR) is 108 cm³/mol. The summed E-state index contributed by atoms with van der Waals surface area (Å²) >= 11 is 0. The van der Waals surface area contributed by atoms with E-state index in [9.17, 15) is 0 Å². The zero-order valence-corrected chi connectivity index (χ0v) is 16.7. The molecule has 0 unspecified atom stereocenters. The maximum Gasteiger partial charge on any atom is -0.00463 e. The van der Waals surface area contributed by atoms with Crippen LogP contribution in [0.5, 0.6) is 0 Å². The second-order valence-electron chi connectivity index (χ2n) is 9.70. The van der Waals surface area contributed by atoms with Gasteiger partial charge in [0.25, 0.3) is 0 Å². The fourth-order valence-electron chi connectivity index (χ4n) is 6.83. The molecule has 0 N–H and O–H groups in total. The minimum Gasteiger partial charge on any atom is -0.0654 e. The molecule has 5 rings (SSSR count). The molecular formula is C25H38. The van der Waals surface area contributed by atoms with Crippen molar-refractivity contribution < 1.29 is 0 Å². The topological polar surface area (TPSA) is 0 Å². The zero-order valence-electron chi connectivity index (χ0n) is 16.7. The van der Waals surface area contributed by atoms with Crippen LogP contribution in [0.25, 0.3) is 0 Å². The molecule has 0 aromatic heterocycles. The highest BCUT2D eigenvalue weighted by molar-refractivity contribution is 5.31. The molecule has 0 radical (unpaired) electrons. The highest BCUT2D eigenvalue weighted by atomic mass is 14.6. The Morgan fingerprint density at radius 1 is 0.800 bits per heavy atom. The van der Waals surface area contributed by atoms with Crippen LogP contribution in [-0.4, -0.2) is 0 Å². The molecule has 1 aromatic rings. The van der Waals surface area contributed by atoms with Crippen LogP contribution in [0.3, 0.4) is 0 Å². The molecule has 0 aliphatic heterocycles. The van der Waals surface area contributed by atoms with Gasteiger partial charge in [0.1, 0.15) is 0 Å². The zero-order chi connectivity index (χ0) is 17.3. The molecule has 0 heteroatoms. The quantitative estimate of drug-likeness (QED) is 0.523. The monoisotopic (exact) mass is 338 g/mol. The first-order valence-electron chi connectivity index (χ1n) is 11.3. The van der Waals surface area contributed by atoms with E-state index in [-0.39, 0.29) is 0 Å². The van der Waals surface area contributed by atoms with Crippen molar-refractivity contribution in [2.75, 3.05) is 0 Å². The number of rotatable bonds is 5. The Balaban J connectivity index is 1.42. The second kappa shape index (κ2) is 7.09. The average Bonchev–Trinajstić information content (AvgIpc) is 2.70. The van der Waals surface area contributed by atoms with Crippen molar-refractivity contribution in [2.24, 2.45) is 17.3 Å². The van der Waals surface area contributed by atoms with Crippen molar-refractivity contribution in [1.82, 2.24) is 0 Å². The van der Waals surface area contributed by atoms with Crippen molar-refractivity contribution in [3.05, 3.63) is 35.4 Å². The molecule has 4 aliphatic rings. The van der Waals surface area contributed by atoms with Gasteiger partial charge in [-0.25, -0.2) is 0 Å². The lowest BCUT2D eigenvalue weighted by atomic mass is 9.47. The Morgan fingerprint density at radius 2 is 1.40 bits per heavy atom. The smallest absolute Gasteiger partial charge is 0.00463 e. The highest BCUT2D eigenvalue weighted by Crippen LogP contribution is 2.62. The first-order valence-corrected chi connectivity index (χ1v) is 11.3. The van der Waals surface area contributed by atoms with Crippen molar-refractivity contribution in [3.8, 4) is 0 Å². The minimum atomic E-state index is 0.535. The lowest BCUT2D eigenvalue weighted by Crippen LogP contribution is -2.48. The van der Waals surface area contributed by atoms with Gasteiger partial charge < -0.3 is 0 Å². The standard InChI is InChI=1S/C25H38/c1-3-5-21-8-12-23(13-9-21)25-17-14-24(15-18-25,16-19-25)22-10-6-20(4-2)7-11-22/h6-7,10-11,21,23H,3-5,8-9,12-19H2,1-2H3. The molecule has 25 heavy (non-hydrogen) atoms. The van der Waals surface area contributed by atoms with Crippen LogP contribution >= 0.6 is 0 Å². The molecule has 0 nitrogen and oxygen atoms in total. The fraction of sp³-hybridized carbons (Fsp3) is 0.760. The third-order valence-electron chi connectivity index (χ3n) is 8.69. The van der Waals surface area contributed by atoms with Crippen LogP contribution in [0.4, 0.5) is 0 Å². The molecule has 0 heterocycles. The molecule has 4 aliphatic carbocycles. The number of hydrogen-bond acceptors (Lipinski definition) is 0. The van der Waals surface area contributed by atoms with Crippen LogP contribution in [0.15, 0.2) is 24.3 Å². The predicted octanol–water partition coefficient (Wildman–Crippen LogP) is 7.45. The summed E-state index contributed by atoms with van der Waals surface area (Å²) in [4.78, 5) is 0. The summed E-state index contributed by atoms with van der Waals surface area (Å²) in [6.45, 7) is 4.62. The Hall–Kier alpha value is -0.780. The van der Waals surface area contributed by atoms with E-state index in [1.165, 1.54) is 69.8 Å². The van der Waals surface area contributed by atoms with Gasteiger partial charge in [0.2, 0.25) is 0 Å². The summed E-state index contributed by atoms with van der Waals surface area (Å²) in [5.41, 5.74) is 4.42. The highest BCUT2D eigenvalue weighted by Gasteiger charge is 2.52. The van der Waals surface area contributed by atoms with Gasteiger partial charge in [0.05, 0.1) is 0 Å². The Labute approximate surface area is 155 Å². The van der Waals surface area contributed by atoms with Gasteiger partial charge in [0.15, 0.2) is 0 Å². The Bertz CT molecular complexity index is 534. The van der Waals surface area contributed by atoms with E-state index in [2.05, 4.69) is 38.1 Å². The normalized spacial score (nSPS) is 38.0. The SMILES string of the molecule is CCCC1CCC(C23CCC(c4ccc(CC)cc4)(CC2)CC3)CC1. The van der Waals surface area contributed by atoms with Gasteiger partial charge in [-0.05, 0) is 91.6 Å². The van der Waals surface area contributed by atoms with E-state index < -0.39 is 0 Å². The Kier molecular flexibility index (Phi) is 5.00. The number of fused-ring (bicyclic) bond motifs is 3.